The van der Waals surface area contributed by atoms with Gasteiger partial charge in [-0.05, 0) is 33.1 Å². The van der Waals surface area contributed by atoms with Crippen LogP contribution in [0.5, 0.6) is 0 Å². The zero-order chi connectivity index (χ0) is 12.9. The van der Waals surface area contributed by atoms with E-state index in [1.807, 2.05) is 18.7 Å². The van der Waals surface area contributed by atoms with E-state index in [1.54, 1.807) is 6.92 Å². The lowest BCUT2D eigenvalue weighted by molar-refractivity contribution is -0.141. The van der Waals surface area contributed by atoms with Gasteiger partial charge in [0.2, 0.25) is 5.91 Å². The molecule has 0 aromatic heterocycles. The van der Waals surface area contributed by atoms with Crippen molar-refractivity contribution in [2.45, 2.75) is 65.3 Å². The van der Waals surface area contributed by atoms with Crippen LogP contribution in [-0.4, -0.2) is 23.4 Å². The molecule has 3 nitrogen and oxygen atoms in total. The summed E-state index contributed by atoms with van der Waals surface area (Å²) in [5.41, 5.74) is -0.840. The molecule has 0 N–H and O–H groups in total. The summed E-state index contributed by atoms with van der Waals surface area (Å²) in [6, 6.07) is 2.55. The molecule has 1 atom stereocenters. The highest BCUT2D eigenvalue weighted by molar-refractivity contribution is 5.85. The Bertz CT molecular complexity index is 302. The maximum absolute atomic E-state index is 12.5. The van der Waals surface area contributed by atoms with Gasteiger partial charge < -0.3 is 4.90 Å². The van der Waals surface area contributed by atoms with Gasteiger partial charge in [0, 0.05) is 12.6 Å². The Balaban J connectivity index is 2.79. The molecule has 0 spiro atoms. The molecule has 0 aromatic carbocycles. The maximum Gasteiger partial charge on any atom is 0.242 e. The number of hydrogen-bond donors (Lipinski definition) is 0. The molecule has 1 saturated carbocycles. The first-order chi connectivity index (χ1) is 8.09. The van der Waals surface area contributed by atoms with Crippen LogP contribution in [0.25, 0.3) is 0 Å². The lowest BCUT2D eigenvalue weighted by atomic mass is 9.85. The summed E-state index contributed by atoms with van der Waals surface area (Å²) in [5.74, 6) is 0.0249. The molecule has 0 saturated heterocycles. The van der Waals surface area contributed by atoms with Crippen LogP contribution in [0.15, 0.2) is 0 Å². The molecule has 17 heavy (non-hydrogen) atoms. The van der Waals surface area contributed by atoms with Crippen molar-refractivity contribution in [2.75, 3.05) is 6.54 Å². The number of hydrogen-bond acceptors (Lipinski definition) is 2. The number of nitriles is 1. The lowest BCUT2D eigenvalue weighted by Gasteiger charge is -2.37. The van der Waals surface area contributed by atoms with Gasteiger partial charge in [-0.1, -0.05) is 26.2 Å². The van der Waals surface area contributed by atoms with E-state index < -0.39 is 5.41 Å². The summed E-state index contributed by atoms with van der Waals surface area (Å²) in [6.45, 7) is 6.41. The van der Waals surface area contributed by atoms with Crippen molar-refractivity contribution in [1.82, 2.24) is 4.90 Å². The highest BCUT2D eigenvalue weighted by Crippen LogP contribution is 2.29. The Morgan fingerprint density at radius 3 is 2.35 bits per heavy atom. The van der Waals surface area contributed by atoms with Crippen molar-refractivity contribution in [3.8, 4) is 6.07 Å². The molecule has 1 rings (SSSR count). The standard InChI is InChI=1S/C14H24N2O/c1-4-14(3,11-15)13(17)16(5-2)12-9-7-6-8-10-12/h12H,4-10H2,1-3H3. The molecule has 1 unspecified atom stereocenters. The molecule has 3 heteroatoms. The van der Waals surface area contributed by atoms with E-state index in [0.29, 0.717) is 12.5 Å². The number of carbonyl (C=O) groups excluding carboxylic acids is 1. The van der Waals surface area contributed by atoms with E-state index in [1.165, 1.54) is 19.3 Å². The molecular formula is C14H24N2O. The molecule has 1 fully saturated rings. The average molecular weight is 236 g/mol. The molecule has 0 bridgehead atoms. The van der Waals surface area contributed by atoms with Gasteiger partial charge in [0.25, 0.3) is 0 Å². The molecule has 1 amide bonds. The van der Waals surface area contributed by atoms with Crippen molar-refractivity contribution in [1.29, 1.82) is 5.26 Å². The minimum Gasteiger partial charge on any atom is -0.339 e. The number of carbonyl (C=O) groups is 1. The Morgan fingerprint density at radius 1 is 1.35 bits per heavy atom. The second-order valence-electron chi connectivity index (χ2n) is 5.18. The van der Waals surface area contributed by atoms with Gasteiger partial charge >= 0.3 is 0 Å². The molecule has 0 radical (unpaired) electrons. The summed E-state index contributed by atoms with van der Waals surface area (Å²) in [7, 11) is 0. The van der Waals surface area contributed by atoms with Crippen LogP contribution in [0.4, 0.5) is 0 Å². The van der Waals surface area contributed by atoms with Crippen molar-refractivity contribution in [3.05, 3.63) is 0 Å². The van der Waals surface area contributed by atoms with Crippen molar-refractivity contribution < 1.29 is 4.79 Å². The third-order valence-corrected chi connectivity index (χ3v) is 4.04. The van der Waals surface area contributed by atoms with Crippen LogP contribution >= 0.6 is 0 Å². The van der Waals surface area contributed by atoms with Crippen molar-refractivity contribution >= 4 is 5.91 Å². The normalized spacial score (nSPS) is 20.4. The molecule has 1 aliphatic carbocycles. The minimum atomic E-state index is -0.840. The van der Waals surface area contributed by atoms with Crippen LogP contribution in [0, 0.1) is 16.7 Å². The van der Waals surface area contributed by atoms with Crippen molar-refractivity contribution in [2.24, 2.45) is 5.41 Å². The van der Waals surface area contributed by atoms with Crippen LogP contribution in [0.2, 0.25) is 0 Å². The molecule has 96 valence electrons. The van der Waals surface area contributed by atoms with E-state index in [-0.39, 0.29) is 5.91 Å². The van der Waals surface area contributed by atoms with Gasteiger partial charge in [-0.15, -0.1) is 0 Å². The van der Waals surface area contributed by atoms with Crippen LogP contribution in [-0.2, 0) is 4.79 Å². The Kier molecular flexibility index (Phi) is 4.99. The van der Waals surface area contributed by atoms with Gasteiger partial charge in [-0.3, -0.25) is 4.79 Å². The van der Waals surface area contributed by atoms with E-state index >= 15 is 0 Å². The third kappa shape index (κ3) is 3.00. The monoisotopic (exact) mass is 236 g/mol. The first kappa shape index (κ1) is 14.0. The third-order valence-electron chi connectivity index (χ3n) is 4.04. The van der Waals surface area contributed by atoms with Gasteiger partial charge in [0.15, 0.2) is 0 Å². The quantitative estimate of drug-likeness (QED) is 0.752. The highest BCUT2D eigenvalue weighted by atomic mass is 16.2. The lowest BCUT2D eigenvalue weighted by Crippen LogP contribution is -2.47. The van der Waals surface area contributed by atoms with Gasteiger partial charge in [-0.2, -0.15) is 5.26 Å². The Hall–Kier alpha value is -1.04. The number of rotatable bonds is 4. The Labute approximate surface area is 105 Å². The fourth-order valence-corrected chi connectivity index (χ4v) is 2.56. The molecule has 0 aromatic rings. The predicted octanol–water partition coefficient (Wildman–Crippen LogP) is 3.11. The summed E-state index contributed by atoms with van der Waals surface area (Å²) in [4.78, 5) is 14.4. The zero-order valence-corrected chi connectivity index (χ0v) is 11.3. The predicted molar refractivity (Wildman–Crippen MR) is 68.3 cm³/mol. The summed E-state index contributed by atoms with van der Waals surface area (Å²) < 4.78 is 0. The van der Waals surface area contributed by atoms with Crippen molar-refractivity contribution in [3.63, 3.8) is 0 Å². The van der Waals surface area contributed by atoms with Gasteiger partial charge in [0.1, 0.15) is 5.41 Å². The SMILES string of the molecule is CCN(C(=O)C(C)(C#N)CC)C1CCCCC1. The van der Waals surface area contributed by atoms with E-state index in [9.17, 15) is 10.1 Å². The van der Waals surface area contributed by atoms with Gasteiger partial charge in [-0.25, -0.2) is 0 Å². The summed E-state index contributed by atoms with van der Waals surface area (Å²) in [5, 5.41) is 9.20. The fourth-order valence-electron chi connectivity index (χ4n) is 2.56. The topological polar surface area (TPSA) is 44.1 Å². The highest BCUT2D eigenvalue weighted by Gasteiger charge is 2.37. The first-order valence-corrected chi connectivity index (χ1v) is 6.81. The van der Waals surface area contributed by atoms with Gasteiger partial charge in [0.05, 0.1) is 6.07 Å². The summed E-state index contributed by atoms with van der Waals surface area (Å²) in [6.07, 6.45) is 6.50. The molecular weight excluding hydrogens is 212 g/mol. The van der Waals surface area contributed by atoms with Crippen LogP contribution in [0.3, 0.4) is 0 Å². The maximum atomic E-state index is 12.5. The zero-order valence-electron chi connectivity index (χ0n) is 11.3. The van der Waals surface area contributed by atoms with Crippen LogP contribution < -0.4 is 0 Å². The second-order valence-corrected chi connectivity index (χ2v) is 5.18. The second kappa shape index (κ2) is 6.05. The number of nitrogens with zero attached hydrogens (tertiary/aromatic N) is 2. The van der Waals surface area contributed by atoms with E-state index in [2.05, 4.69) is 6.07 Å². The molecule has 1 aliphatic rings. The first-order valence-electron chi connectivity index (χ1n) is 6.81. The Morgan fingerprint density at radius 2 is 1.94 bits per heavy atom. The van der Waals surface area contributed by atoms with Crippen LogP contribution in [0.1, 0.15) is 59.3 Å². The largest absolute Gasteiger partial charge is 0.339 e. The number of amides is 1. The summed E-state index contributed by atoms with van der Waals surface area (Å²) >= 11 is 0. The van der Waals surface area contributed by atoms with E-state index in [4.69, 9.17) is 0 Å². The smallest absolute Gasteiger partial charge is 0.242 e. The fraction of sp³-hybridized carbons (Fsp3) is 0.857. The molecule has 0 heterocycles. The van der Waals surface area contributed by atoms with E-state index in [0.717, 1.165) is 19.4 Å². The average Bonchev–Trinajstić information content (AvgIpc) is 2.39. The minimum absolute atomic E-state index is 0.0249. The molecule has 0 aliphatic heterocycles.